The van der Waals surface area contributed by atoms with E-state index in [0.717, 1.165) is 43.1 Å². The number of carbonyl (C=O) groups is 1. The van der Waals surface area contributed by atoms with E-state index < -0.39 is 0 Å². The zero-order valence-corrected chi connectivity index (χ0v) is 18.8. The summed E-state index contributed by atoms with van der Waals surface area (Å²) in [4.78, 5) is 18.0. The highest BCUT2D eigenvalue weighted by atomic mass is 16.5. The van der Waals surface area contributed by atoms with Crippen molar-refractivity contribution in [1.82, 2.24) is 14.6 Å². The summed E-state index contributed by atoms with van der Waals surface area (Å²) in [6.07, 6.45) is 6.06. The number of aromatic nitrogens is 3. The van der Waals surface area contributed by atoms with Gasteiger partial charge in [0.1, 0.15) is 28.7 Å². The van der Waals surface area contributed by atoms with Crippen LogP contribution < -0.4 is 15.0 Å². The Bertz CT molecular complexity index is 1410. The van der Waals surface area contributed by atoms with Crippen molar-refractivity contribution < 1.29 is 14.3 Å². The molecular weight excluding hydrogens is 444 g/mol. The van der Waals surface area contributed by atoms with Gasteiger partial charge in [0.05, 0.1) is 25.6 Å². The van der Waals surface area contributed by atoms with E-state index in [4.69, 9.17) is 9.47 Å². The first-order valence-corrected chi connectivity index (χ1v) is 11.1. The van der Waals surface area contributed by atoms with Crippen molar-refractivity contribution in [2.75, 3.05) is 36.5 Å². The van der Waals surface area contributed by atoms with Crippen LogP contribution in [0, 0.1) is 11.3 Å². The Labute approximate surface area is 201 Å². The summed E-state index contributed by atoms with van der Waals surface area (Å²) in [5.41, 5.74) is 3.98. The number of amides is 1. The average molecular weight is 467 g/mol. The Hall–Kier alpha value is -4.68. The molecule has 9 heteroatoms. The molecule has 1 fully saturated rings. The molecule has 9 nitrogen and oxygen atoms in total. The summed E-state index contributed by atoms with van der Waals surface area (Å²) >= 11 is 0. The molecule has 35 heavy (non-hydrogen) atoms. The van der Waals surface area contributed by atoms with E-state index in [-0.39, 0.29) is 5.91 Å². The first-order chi connectivity index (χ1) is 17.1. The van der Waals surface area contributed by atoms with E-state index in [1.54, 1.807) is 16.6 Å². The molecule has 1 aliphatic heterocycles. The molecule has 0 aliphatic carbocycles. The third kappa shape index (κ3) is 4.69. The van der Waals surface area contributed by atoms with Crippen LogP contribution in [0.3, 0.4) is 0 Å². The van der Waals surface area contributed by atoms with Crippen molar-refractivity contribution in [2.24, 2.45) is 0 Å². The largest absolute Gasteiger partial charge is 0.453 e. The molecule has 174 valence electrons. The molecule has 4 heterocycles. The van der Waals surface area contributed by atoms with Crippen molar-refractivity contribution >= 4 is 22.9 Å². The van der Waals surface area contributed by atoms with Gasteiger partial charge in [-0.25, -0.2) is 9.50 Å². The molecular formula is C26H22N6O3. The van der Waals surface area contributed by atoms with Crippen LogP contribution in [0.25, 0.3) is 16.6 Å². The molecule has 3 aromatic heterocycles. The van der Waals surface area contributed by atoms with E-state index in [9.17, 15) is 10.1 Å². The number of morpholine rings is 1. The molecule has 0 bridgehead atoms. The van der Waals surface area contributed by atoms with Gasteiger partial charge in [0.15, 0.2) is 5.75 Å². The number of hydrogen-bond acceptors (Lipinski definition) is 7. The SMILES string of the molecule is C=CC(=O)Nc1ccc(Oc2cc(-c3ccc(N4CCOCC4)cc3)cn3ncc(C#N)c23)cn1. The zero-order chi connectivity index (χ0) is 24.2. The van der Waals surface area contributed by atoms with Gasteiger partial charge in [0, 0.05) is 30.5 Å². The van der Waals surface area contributed by atoms with Gasteiger partial charge >= 0.3 is 0 Å². The minimum absolute atomic E-state index is 0.349. The summed E-state index contributed by atoms with van der Waals surface area (Å²) in [6, 6.07) is 15.7. The number of pyridine rings is 2. The van der Waals surface area contributed by atoms with Gasteiger partial charge in [-0.05, 0) is 42.0 Å². The van der Waals surface area contributed by atoms with Crippen LogP contribution in [-0.4, -0.2) is 46.8 Å². The maximum atomic E-state index is 11.5. The molecule has 0 spiro atoms. The van der Waals surface area contributed by atoms with Gasteiger partial charge in [0.2, 0.25) is 5.91 Å². The molecule has 0 saturated carbocycles. The minimum Gasteiger partial charge on any atom is -0.453 e. The van der Waals surface area contributed by atoms with Crippen molar-refractivity contribution in [3.05, 3.63) is 79.3 Å². The number of rotatable bonds is 6. The van der Waals surface area contributed by atoms with Crippen LogP contribution in [0.5, 0.6) is 11.5 Å². The maximum Gasteiger partial charge on any atom is 0.248 e. The number of nitriles is 1. The topological polar surface area (TPSA) is 105 Å². The number of anilines is 2. The molecule has 1 aliphatic rings. The lowest BCUT2D eigenvalue weighted by atomic mass is 10.1. The lowest BCUT2D eigenvalue weighted by Gasteiger charge is -2.28. The second kappa shape index (κ2) is 9.67. The fraction of sp³-hybridized carbons (Fsp3) is 0.154. The third-order valence-corrected chi connectivity index (χ3v) is 5.67. The highest BCUT2D eigenvalue weighted by Gasteiger charge is 2.16. The average Bonchev–Trinajstić information content (AvgIpc) is 3.34. The molecule has 4 aromatic rings. The number of ether oxygens (including phenoxy) is 2. The Balaban J connectivity index is 1.46. The number of nitrogens with zero attached hydrogens (tertiary/aromatic N) is 5. The van der Waals surface area contributed by atoms with E-state index >= 15 is 0 Å². The Morgan fingerprint density at radius 2 is 1.94 bits per heavy atom. The van der Waals surface area contributed by atoms with Crippen molar-refractivity contribution in [3.63, 3.8) is 0 Å². The van der Waals surface area contributed by atoms with E-state index in [1.807, 2.05) is 12.3 Å². The number of nitrogens with one attached hydrogen (secondary N) is 1. The molecule has 0 atom stereocenters. The number of benzene rings is 1. The van der Waals surface area contributed by atoms with Crippen LogP contribution in [0.15, 0.2) is 73.7 Å². The second-order valence-electron chi connectivity index (χ2n) is 7.88. The summed E-state index contributed by atoms with van der Waals surface area (Å²) in [6.45, 7) is 6.64. The molecule has 5 rings (SSSR count). The normalized spacial score (nSPS) is 13.3. The third-order valence-electron chi connectivity index (χ3n) is 5.67. The minimum atomic E-state index is -0.349. The quantitative estimate of drug-likeness (QED) is 0.428. The fourth-order valence-corrected chi connectivity index (χ4v) is 3.91. The van der Waals surface area contributed by atoms with Crippen LogP contribution in [0.1, 0.15) is 5.56 Å². The summed E-state index contributed by atoms with van der Waals surface area (Å²) in [5, 5.41) is 16.5. The number of carbonyl (C=O) groups excluding carboxylic acids is 1. The first-order valence-electron chi connectivity index (χ1n) is 11.1. The summed E-state index contributed by atoms with van der Waals surface area (Å²) in [5.74, 6) is 0.952. The number of fused-ring (bicyclic) bond motifs is 1. The van der Waals surface area contributed by atoms with Gasteiger partial charge in [-0.1, -0.05) is 18.7 Å². The number of hydrogen-bond donors (Lipinski definition) is 1. The lowest BCUT2D eigenvalue weighted by Crippen LogP contribution is -2.36. The molecule has 1 aromatic carbocycles. The van der Waals surface area contributed by atoms with E-state index in [0.29, 0.717) is 28.4 Å². The Kier molecular flexibility index (Phi) is 6.11. The van der Waals surface area contributed by atoms with Crippen molar-refractivity contribution in [2.45, 2.75) is 0 Å². The Morgan fingerprint density at radius 1 is 1.14 bits per heavy atom. The smallest absolute Gasteiger partial charge is 0.248 e. The highest BCUT2D eigenvalue weighted by molar-refractivity contribution is 5.98. The maximum absolute atomic E-state index is 11.5. The van der Waals surface area contributed by atoms with E-state index in [1.165, 1.54) is 18.5 Å². The van der Waals surface area contributed by atoms with Gasteiger partial charge in [-0.2, -0.15) is 10.4 Å². The molecule has 1 N–H and O–H groups in total. The molecule has 1 saturated heterocycles. The van der Waals surface area contributed by atoms with Gasteiger partial charge in [-0.15, -0.1) is 0 Å². The van der Waals surface area contributed by atoms with Crippen LogP contribution in [-0.2, 0) is 9.53 Å². The summed E-state index contributed by atoms with van der Waals surface area (Å²) in [7, 11) is 0. The second-order valence-corrected chi connectivity index (χ2v) is 7.88. The van der Waals surface area contributed by atoms with Crippen LogP contribution in [0.2, 0.25) is 0 Å². The Morgan fingerprint density at radius 3 is 2.63 bits per heavy atom. The standard InChI is InChI=1S/C26H22N6O3/c1-2-25(33)30-24-8-7-22(16-28-24)35-23-13-19(17-32-26(23)20(14-27)15-29-32)18-3-5-21(6-4-18)31-9-11-34-12-10-31/h2-8,13,15-17H,1,9-12H2,(H,28,30,33). The summed E-state index contributed by atoms with van der Waals surface area (Å²) < 4.78 is 13.2. The van der Waals surface area contributed by atoms with E-state index in [2.05, 4.69) is 57.2 Å². The van der Waals surface area contributed by atoms with Gasteiger partial charge in [-0.3, -0.25) is 4.79 Å². The van der Waals surface area contributed by atoms with Crippen molar-refractivity contribution in [1.29, 1.82) is 5.26 Å². The lowest BCUT2D eigenvalue weighted by molar-refractivity contribution is -0.111. The van der Waals surface area contributed by atoms with Crippen LogP contribution in [0.4, 0.5) is 11.5 Å². The van der Waals surface area contributed by atoms with Gasteiger partial charge < -0.3 is 19.7 Å². The molecule has 0 unspecified atom stereocenters. The zero-order valence-electron chi connectivity index (χ0n) is 18.8. The monoisotopic (exact) mass is 466 g/mol. The predicted molar refractivity (Wildman–Crippen MR) is 132 cm³/mol. The predicted octanol–water partition coefficient (Wildman–Crippen LogP) is 4.02. The van der Waals surface area contributed by atoms with Crippen LogP contribution >= 0.6 is 0 Å². The molecule has 0 radical (unpaired) electrons. The first kappa shape index (κ1) is 22.1. The van der Waals surface area contributed by atoms with Crippen molar-refractivity contribution in [3.8, 4) is 28.7 Å². The highest BCUT2D eigenvalue weighted by Crippen LogP contribution is 2.34. The fourth-order valence-electron chi connectivity index (χ4n) is 3.91. The molecule has 1 amide bonds. The van der Waals surface area contributed by atoms with Gasteiger partial charge in [0.25, 0.3) is 0 Å².